The highest BCUT2D eigenvalue weighted by atomic mass is 19.2. The number of ketones is 1. The number of Topliss-reactive ketones (excluding diaryl/α,β-unsaturated/α-hetero) is 1. The number of carbonyl (C=O) groups is 2. The molecule has 24 heavy (non-hydrogen) atoms. The largest absolute Gasteiger partial charge is 0.497 e. The third-order valence-electron chi connectivity index (χ3n) is 3.11. The van der Waals surface area contributed by atoms with E-state index >= 15 is 0 Å². The number of esters is 1. The van der Waals surface area contributed by atoms with Crippen LogP contribution in [0.3, 0.4) is 0 Å². The predicted molar refractivity (Wildman–Crippen MR) is 83.7 cm³/mol. The SMILES string of the molecule is COc1ccc(/C=C/C(=O)OCC(=O)c2ccc(F)c(F)c2)cc1. The second-order valence-electron chi connectivity index (χ2n) is 4.77. The standard InChI is InChI=1S/C18H14F2O4/c1-23-14-6-2-12(3-7-14)4-9-18(22)24-11-17(21)13-5-8-15(19)16(20)10-13/h2-10H,11H2,1H3/b9-4+. The second kappa shape index (κ2) is 8.01. The zero-order valence-electron chi connectivity index (χ0n) is 12.8. The highest BCUT2D eigenvalue weighted by Crippen LogP contribution is 2.12. The fourth-order valence-corrected chi connectivity index (χ4v) is 1.82. The maximum absolute atomic E-state index is 13.0. The number of hydrogen-bond acceptors (Lipinski definition) is 4. The normalized spacial score (nSPS) is 10.6. The Balaban J connectivity index is 1.88. The van der Waals surface area contributed by atoms with Gasteiger partial charge in [-0.1, -0.05) is 12.1 Å². The monoisotopic (exact) mass is 332 g/mol. The molecular weight excluding hydrogens is 318 g/mol. The molecule has 0 heterocycles. The van der Waals surface area contributed by atoms with Crippen LogP contribution in [-0.4, -0.2) is 25.5 Å². The summed E-state index contributed by atoms with van der Waals surface area (Å²) in [6.07, 6.45) is 2.68. The summed E-state index contributed by atoms with van der Waals surface area (Å²) in [5, 5.41) is 0. The first-order valence-electron chi connectivity index (χ1n) is 6.97. The van der Waals surface area contributed by atoms with Crippen LogP contribution in [0.25, 0.3) is 6.08 Å². The summed E-state index contributed by atoms with van der Waals surface area (Å²) in [5.41, 5.74) is 0.681. The number of hydrogen-bond donors (Lipinski definition) is 0. The van der Waals surface area contributed by atoms with E-state index in [1.807, 2.05) is 0 Å². The van der Waals surface area contributed by atoms with Gasteiger partial charge in [-0.3, -0.25) is 4.79 Å². The van der Waals surface area contributed by atoms with Gasteiger partial charge in [-0.2, -0.15) is 0 Å². The fraction of sp³-hybridized carbons (Fsp3) is 0.111. The van der Waals surface area contributed by atoms with Crippen LogP contribution in [0.1, 0.15) is 15.9 Å². The highest BCUT2D eigenvalue weighted by Gasteiger charge is 2.11. The molecule has 0 bridgehead atoms. The summed E-state index contributed by atoms with van der Waals surface area (Å²) in [4.78, 5) is 23.3. The van der Waals surface area contributed by atoms with E-state index in [0.717, 1.165) is 23.8 Å². The number of ether oxygens (including phenoxy) is 2. The Kier molecular flexibility index (Phi) is 5.78. The van der Waals surface area contributed by atoms with Crippen LogP contribution in [0, 0.1) is 11.6 Å². The highest BCUT2D eigenvalue weighted by molar-refractivity contribution is 5.98. The molecule has 124 valence electrons. The number of benzene rings is 2. The predicted octanol–water partition coefficient (Wildman–Crippen LogP) is 3.41. The molecule has 4 nitrogen and oxygen atoms in total. The molecule has 0 radical (unpaired) electrons. The zero-order valence-corrected chi connectivity index (χ0v) is 12.8. The molecule has 0 unspecified atom stereocenters. The summed E-state index contributed by atoms with van der Waals surface area (Å²) in [6, 6.07) is 9.69. The van der Waals surface area contributed by atoms with E-state index in [9.17, 15) is 18.4 Å². The molecule has 0 aromatic heterocycles. The van der Waals surface area contributed by atoms with E-state index in [0.29, 0.717) is 5.75 Å². The molecule has 2 aromatic rings. The van der Waals surface area contributed by atoms with Gasteiger partial charge in [0.2, 0.25) is 0 Å². The molecule has 2 aromatic carbocycles. The van der Waals surface area contributed by atoms with Crippen LogP contribution in [-0.2, 0) is 9.53 Å². The van der Waals surface area contributed by atoms with Crippen LogP contribution in [0.15, 0.2) is 48.5 Å². The molecule has 0 fully saturated rings. The number of carbonyl (C=O) groups excluding carboxylic acids is 2. The fourth-order valence-electron chi connectivity index (χ4n) is 1.82. The lowest BCUT2D eigenvalue weighted by Gasteiger charge is -2.03. The van der Waals surface area contributed by atoms with Crippen molar-refractivity contribution in [1.82, 2.24) is 0 Å². The molecule has 6 heteroatoms. The number of methoxy groups -OCH3 is 1. The van der Waals surface area contributed by atoms with Gasteiger partial charge in [0, 0.05) is 11.6 Å². The molecule has 0 saturated carbocycles. The molecule has 0 N–H and O–H groups in total. The minimum atomic E-state index is -1.13. The smallest absolute Gasteiger partial charge is 0.331 e. The Bertz CT molecular complexity index is 767. The van der Waals surface area contributed by atoms with Crippen molar-refractivity contribution in [3.63, 3.8) is 0 Å². The molecular formula is C18H14F2O4. The summed E-state index contributed by atoms with van der Waals surface area (Å²) >= 11 is 0. The molecule has 0 aliphatic rings. The van der Waals surface area contributed by atoms with Crippen molar-refractivity contribution >= 4 is 17.8 Å². The van der Waals surface area contributed by atoms with Gasteiger partial charge in [0.1, 0.15) is 5.75 Å². The van der Waals surface area contributed by atoms with E-state index in [-0.39, 0.29) is 5.56 Å². The van der Waals surface area contributed by atoms with Gasteiger partial charge in [-0.05, 0) is 42.0 Å². The average Bonchev–Trinajstić information content (AvgIpc) is 2.60. The molecule has 2 rings (SSSR count). The van der Waals surface area contributed by atoms with E-state index in [1.54, 1.807) is 31.4 Å². The Hall–Kier alpha value is -3.02. The van der Waals surface area contributed by atoms with Crippen molar-refractivity contribution in [2.24, 2.45) is 0 Å². The van der Waals surface area contributed by atoms with Gasteiger partial charge >= 0.3 is 5.97 Å². The topological polar surface area (TPSA) is 52.6 Å². The van der Waals surface area contributed by atoms with Crippen molar-refractivity contribution in [3.8, 4) is 5.75 Å². The van der Waals surface area contributed by atoms with E-state index in [2.05, 4.69) is 0 Å². The molecule has 0 amide bonds. The summed E-state index contributed by atoms with van der Waals surface area (Å²) < 4.78 is 35.6. The van der Waals surface area contributed by atoms with E-state index in [1.165, 1.54) is 12.2 Å². The molecule has 0 aliphatic heterocycles. The molecule has 0 aliphatic carbocycles. The molecule has 0 saturated heterocycles. The van der Waals surface area contributed by atoms with Gasteiger partial charge in [0.25, 0.3) is 0 Å². The van der Waals surface area contributed by atoms with Gasteiger partial charge in [-0.15, -0.1) is 0 Å². The van der Waals surface area contributed by atoms with Crippen molar-refractivity contribution in [3.05, 3.63) is 71.3 Å². The van der Waals surface area contributed by atoms with Crippen LogP contribution >= 0.6 is 0 Å². The van der Waals surface area contributed by atoms with Crippen LogP contribution in [0.5, 0.6) is 5.75 Å². The van der Waals surface area contributed by atoms with E-state index < -0.39 is 30.0 Å². The Morgan fingerprint density at radius 1 is 1.04 bits per heavy atom. The van der Waals surface area contributed by atoms with Crippen molar-refractivity contribution < 1.29 is 27.8 Å². The Labute approximate surface area is 137 Å². The average molecular weight is 332 g/mol. The molecule has 0 spiro atoms. The third kappa shape index (κ3) is 4.74. The van der Waals surface area contributed by atoms with Gasteiger partial charge in [0.05, 0.1) is 7.11 Å². The third-order valence-corrected chi connectivity index (χ3v) is 3.11. The van der Waals surface area contributed by atoms with Crippen molar-refractivity contribution in [2.45, 2.75) is 0 Å². The first-order valence-corrected chi connectivity index (χ1v) is 6.97. The number of rotatable bonds is 6. The maximum Gasteiger partial charge on any atom is 0.331 e. The van der Waals surface area contributed by atoms with Crippen LogP contribution in [0.4, 0.5) is 8.78 Å². The number of halogens is 2. The van der Waals surface area contributed by atoms with Crippen LogP contribution < -0.4 is 4.74 Å². The molecule has 0 atom stereocenters. The minimum Gasteiger partial charge on any atom is -0.497 e. The lowest BCUT2D eigenvalue weighted by molar-refractivity contribution is -0.136. The van der Waals surface area contributed by atoms with Crippen LogP contribution in [0.2, 0.25) is 0 Å². The minimum absolute atomic E-state index is 0.0687. The summed E-state index contributed by atoms with van der Waals surface area (Å²) in [6.45, 7) is -0.559. The Morgan fingerprint density at radius 3 is 2.38 bits per heavy atom. The second-order valence-corrected chi connectivity index (χ2v) is 4.77. The van der Waals surface area contributed by atoms with Crippen molar-refractivity contribution in [1.29, 1.82) is 0 Å². The maximum atomic E-state index is 13.0. The first-order chi connectivity index (χ1) is 11.5. The van der Waals surface area contributed by atoms with Gasteiger partial charge in [-0.25, -0.2) is 13.6 Å². The van der Waals surface area contributed by atoms with E-state index in [4.69, 9.17) is 9.47 Å². The van der Waals surface area contributed by atoms with Crippen molar-refractivity contribution in [2.75, 3.05) is 13.7 Å². The van der Waals surface area contributed by atoms with Gasteiger partial charge < -0.3 is 9.47 Å². The lowest BCUT2D eigenvalue weighted by atomic mass is 10.1. The first kappa shape index (κ1) is 17.3. The van der Waals surface area contributed by atoms with Gasteiger partial charge in [0.15, 0.2) is 24.0 Å². The lowest BCUT2D eigenvalue weighted by Crippen LogP contribution is -2.13. The summed E-state index contributed by atoms with van der Waals surface area (Å²) in [7, 11) is 1.55. The summed E-state index contributed by atoms with van der Waals surface area (Å²) in [5.74, 6) is -2.84. The Morgan fingerprint density at radius 2 is 1.75 bits per heavy atom. The quantitative estimate of drug-likeness (QED) is 0.462. The zero-order chi connectivity index (χ0) is 17.5.